The number of rotatable bonds is 3. The number of hydrogen-bond acceptors (Lipinski definition) is 2. The van der Waals surface area contributed by atoms with E-state index in [9.17, 15) is 4.79 Å². The van der Waals surface area contributed by atoms with Gasteiger partial charge in [0.1, 0.15) is 25.3 Å². The molecule has 0 aliphatic carbocycles. The molecule has 0 aromatic heterocycles. The first-order chi connectivity index (χ1) is 9.85. The van der Waals surface area contributed by atoms with Gasteiger partial charge in [-0.3, -0.25) is 4.79 Å². The second-order valence-electron chi connectivity index (χ2n) is 6.41. The SMILES string of the molecule is Cc1cc(C)c(NC(=O)C[NH+]2C[C@@H](C)O[C@@H](C)C2)c(C)c1. The third-order valence-corrected chi connectivity index (χ3v) is 3.97. The molecule has 1 aromatic rings. The molecule has 1 unspecified atom stereocenters. The van der Waals surface area contributed by atoms with E-state index in [1.807, 2.05) is 13.8 Å². The number of carbonyl (C=O) groups is 1. The average molecular weight is 291 g/mol. The quantitative estimate of drug-likeness (QED) is 0.880. The Labute approximate surface area is 127 Å². The molecule has 21 heavy (non-hydrogen) atoms. The summed E-state index contributed by atoms with van der Waals surface area (Å²) in [5.74, 6) is 0.0846. The maximum Gasteiger partial charge on any atom is 0.279 e. The Kier molecular flexibility index (Phi) is 5.01. The van der Waals surface area contributed by atoms with Gasteiger partial charge in [-0.2, -0.15) is 0 Å². The van der Waals surface area contributed by atoms with E-state index in [4.69, 9.17) is 4.74 Å². The molecule has 1 amide bonds. The smallest absolute Gasteiger partial charge is 0.279 e. The van der Waals surface area contributed by atoms with E-state index >= 15 is 0 Å². The first-order valence-electron chi connectivity index (χ1n) is 7.72. The van der Waals surface area contributed by atoms with Crippen molar-refractivity contribution < 1.29 is 14.4 Å². The molecule has 1 saturated heterocycles. The van der Waals surface area contributed by atoms with Gasteiger partial charge in [0.15, 0.2) is 6.54 Å². The maximum atomic E-state index is 12.3. The highest BCUT2D eigenvalue weighted by atomic mass is 16.5. The van der Waals surface area contributed by atoms with Crippen LogP contribution < -0.4 is 10.2 Å². The highest BCUT2D eigenvalue weighted by Crippen LogP contribution is 2.21. The normalized spacial score (nSPS) is 25.7. The zero-order valence-electron chi connectivity index (χ0n) is 13.7. The van der Waals surface area contributed by atoms with Crippen LogP contribution in [0.2, 0.25) is 0 Å². The first kappa shape index (κ1) is 16.0. The molecule has 1 aromatic carbocycles. The van der Waals surface area contributed by atoms with Gasteiger partial charge in [-0.25, -0.2) is 0 Å². The standard InChI is InChI=1S/C17H26N2O2/c1-11-6-12(2)17(13(3)7-11)18-16(20)10-19-8-14(4)21-15(5)9-19/h6-7,14-15H,8-10H2,1-5H3,(H,18,20)/p+1/t14-,15+. The fourth-order valence-electron chi connectivity index (χ4n) is 3.32. The predicted molar refractivity (Wildman–Crippen MR) is 84.9 cm³/mol. The summed E-state index contributed by atoms with van der Waals surface area (Å²) in [6.45, 7) is 12.6. The second-order valence-corrected chi connectivity index (χ2v) is 6.41. The third-order valence-electron chi connectivity index (χ3n) is 3.97. The largest absolute Gasteiger partial charge is 0.364 e. The molecule has 2 N–H and O–H groups in total. The highest BCUT2D eigenvalue weighted by molar-refractivity contribution is 5.93. The summed E-state index contributed by atoms with van der Waals surface area (Å²) in [4.78, 5) is 13.6. The van der Waals surface area contributed by atoms with Crippen molar-refractivity contribution in [3.05, 3.63) is 28.8 Å². The molecule has 1 heterocycles. The minimum Gasteiger partial charge on any atom is -0.364 e. The molecule has 4 heteroatoms. The Balaban J connectivity index is 1.99. The van der Waals surface area contributed by atoms with Crippen molar-refractivity contribution in [2.75, 3.05) is 25.0 Å². The van der Waals surface area contributed by atoms with Crippen molar-refractivity contribution in [3.63, 3.8) is 0 Å². The third kappa shape index (κ3) is 4.29. The molecule has 0 saturated carbocycles. The molecule has 0 spiro atoms. The van der Waals surface area contributed by atoms with Crippen molar-refractivity contribution in [3.8, 4) is 0 Å². The van der Waals surface area contributed by atoms with Gasteiger partial charge in [-0.1, -0.05) is 17.7 Å². The number of morpholine rings is 1. The van der Waals surface area contributed by atoms with Gasteiger partial charge in [-0.15, -0.1) is 0 Å². The Bertz CT molecular complexity index is 495. The Morgan fingerprint density at radius 3 is 2.24 bits per heavy atom. The van der Waals surface area contributed by atoms with Crippen LogP contribution in [-0.2, 0) is 9.53 Å². The first-order valence-corrected chi connectivity index (χ1v) is 7.72. The van der Waals surface area contributed by atoms with Crippen LogP contribution >= 0.6 is 0 Å². The average Bonchev–Trinajstić information content (AvgIpc) is 2.32. The van der Waals surface area contributed by atoms with E-state index in [1.54, 1.807) is 0 Å². The summed E-state index contributed by atoms with van der Waals surface area (Å²) in [5.41, 5.74) is 4.43. The van der Waals surface area contributed by atoms with Crippen LogP contribution in [0.1, 0.15) is 30.5 Å². The molecule has 4 nitrogen and oxygen atoms in total. The van der Waals surface area contributed by atoms with Crippen LogP contribution in [0.4, 0.5) is 5.69 Å². The van der Waals surface area contributed by atoms with E-state index < -0.39 is 0 Å². The van der Waals surface area contributed by atoms with Crippen LogP contribution in [0.25, 0.3) is 0 Å². The fourth-order valence-corrected chi connectivity index (χ4v) is 3.32. The van der Waals surface area contributed by atoms with E-state index in [1.165, 1.54) is 10.5 Å². The number of anilines is 1. The van der Waals surface area contributed by atoms with Crippen LogP contribution in [0, 0.1) is 20.8 Å². The number of amides is 1. The minimum atomic E-state index is 0.0846. The fraction of sp³-hybridized carbons (Fsp3) is 0.588. The molecule has 1 aliphatic rings. The summed E-state index contributed by atoms with van der Waals surface area (Å²) in [6.07, 6.45) is 0.443. The van der Waals surface area contributed by atoms with Crippen molar-refractivity contribution in [2.24, 2.45) is 0 Å². The number of ether oxygens (including phenoxy) is 1. The van der Waals surface area contributed by atoms with Gasteiger partial charge in [0, 0.05) is 5.69 Å². The zero-order valence-corrected chi connectivity index (χ0v) is 13.7. The highest BCUT2D eigenvalue weighted by Gasteiger charge is 2.27. The monoisotopic (exact) mass is 291 g/mol. The topological polar surface area (TPSA) is 42.8 Å². The van der Waals surface area contributed by atoms with E-state index in [0.29, 0.717) is 6.54 Å². The summed E-state index contributed by atoms with van der Waals surface area (Å²) in [7, 11) is 0. The minimum absolute atomic E-state index is 0.0846. The molecule has 1 aliphatic heterocycles. The van der Waals surface area contributed by atoms with Gasteiger partial charge in [0.25, 0.3) is 5.91 Å². The lowest BCUT2D eigenvalue weighted by atomic mass is 10.1. The number of quaternary nitrogens is 1. The lowest BCUT2D eigenvalue weighted by Crippen LogP contribution is -3.16. The van der Waals surface area contributed by atoms with Gasteiger partial charge in [0.2, 0.25) is 0 Å². The van der Waals surface area contributed by atoms with Gasteiger partial charge < -0.3 is 15.0 Å². The maximum absolute atomic E-state index is 12.3. The summed E-state index contributed by atoms with van der Waals surface area (Å²) in [6, 6.07) is 4.21. The molecule has 2 rings (SSSR count). The van der Waals surface area contributed by atoms with Crippen LogP contribution in [0.3, 0.4) is 0 Å². The second kappa shape index (κ2) is 6.58. The molecule has 0 bridgehead atoms. The summed E-state index contributed by atoms with van der Waals surface area (Å²) in [5, 5.41) is 3.08. The van der Waals surface area contributed by atoms with Crippen molar-refractivity contribution >= 4 is 11.6 Å². The number of benzene rings is 1. The molecule has 0 radical (unpaired) electrons. The Morgan fingerprint density at radius 1 is 1.19 bits per heavy atom. The van der Waals surface area contributed by atoms with Crippen LogP contribution in [-0.4, -0.2) is 37.7 Å². The lowest BCUT2D eigenvalue weighted by Gasteiger charge is -2.32. The number of hydrogen-bond donors (Lipinski definition) is 2. The summed E-state index contributed by atoms with van der Waals surface area (Å²) < 4.78 is 5.72. The lowest BCUT2D eigenvalue weighted by molar-refractivity contribution is -0.907. The predicted octanol–water partition coefficient (Wildman–Crippen LogP) is 1.24. The van der Waals surface area contributed by atoms with Crippen LogP contribution in [0.15, 0.2) is 12.1 Å². The van der Waals surface area contributed by atoms with Crippen molar-refractivity contribution in [1.82, 2.24) is 0 Å². The molecule has 116 valence electrons. The zero-order chi connectivity index (χ0) is 15.6. The van der Waals surface area contributed by atoms with Gasteiger partial charge in [-0.05, 0) is 45.7 Å². The van der Waals surface area contributed by atoms with Gasteiger partial charge >= 0.3 is 0 Å². The van der Waals surface area contributed by atoms with Gasteiger partial charge in [0.05, 0.1) is 0 Å². The molecular formula is C17H27N2O2+. The number of aryl methyl sites for hydroxylation is 3. The van der Waals surface area contributed by atoms with E-state index in [2.05, 4.69) is 38.2 Å². The molecule has 3 atom stereocenters. The van der Waals surface area contributed by atoms with Crippen LogP contribution in [0.5, 0.6) is 0 Å². The molecule has 1 fully saturated rings. The summed E-state index contributed by atoms with van der Waals surface area (Å²) >= 11 is 0. The number of nitrogens with one attached hydrogen (secondary N) is 2. The molecular weight excluding hydrogens is 264 g/mol. The van der Waals surface area contributed by atoms with Crippen molar-refractivity contribution in [2.45, 2.75) is 46.8 Å². The Hall–Kier alpha value is -1.39. The number of carbonyl (C=O) groups excluding carboxylic acids is 1. The van der Waals surface area contributed by atoms with E-state index in [0.717, 1.165) is 29.9 Å². The van der Waals surface area contributed by atoms with E-state index in [-0.39, 0.29) is 18.1 Å². The van der Waals surface area contributed by atoms with Crippen molar-refractivity contribution in [1.29, 1.82) is 0 Å². The Morgan fingerprint density at radius 2 is 1.71 bits per heavy atom.